The number of halogens is 1. The standard InChI is InChI=1S/C32H46FNO7S2/c1-18-14-22-21-9-8-19-15-20(35)10-12-29(19,5)31(21,33)24(36)16-30(22,6)32(18,40)25(37)17-43-26(38)23(11-13-42-7)34-27(39)41-28(2,3)4/h10,12,15,18,21-24,36,40H,8-9,11,13-14,16-17H2,1-7H3,(H,34,39)/t18-,21-,22-,23?,24-,29-,30-,31-,32-/m0/s1. The lowest BCUT2D eigenvalue weighted by molar-refractivity contribution is -0.218. The van der Waals surface area contributed by atoms with Gasteiger partial charge in [0, 0.05) is 16.7 Å². The van der Waals surface area contributed by atoms with Gasteiger partial charge in [0.15, 0.2) is 17.2 Å². The number of rotatable bonds is 8. The number of thioether (sulfide) groups is 2. The van der Waals surface area contributed by atoms with Crippen molar-refractivity contribution in [3.8, 4) is 0 Å². The Balaban J connectivity index is 1.54. The Hall–Kier alpha value is -1.69. The van der Waals surface area contributed by atoms with Crippen LogP contribution in [-0.2, 0) is 19.1 Å². The van der Waals surface area contributed by atoms with Crippen molar-refractivity contribution in [1.82, 2.24) is 5.32 Å². The molecule has 0 heterocycles. The van der Waals surface area contributed by atoms with Crippen LogP contribution in [0.1, 0.15) is 73.6 Å². The molecule has 0 aliphatic heterocycles. The molecule has 11 heteroatoms. The molecule has 0 radical (unpaired) electrons. The molecule has 1 amide bonds. The van der Waals surface area contributed by atoms with E-state index in [2.05, 4.69) is 5.32 Å². The quantitative estimate of drug-likeness (QED) is 0.343. The molecule has 3 fully saturated rings. The molecule has 0 aromatic rings. The van der Waals surface area contributed by atoms with Crippen LogP contribution < -0.4 is 5.32 Å². The summed E-state index contributed by atoms with van der Waals surface area (Å²) >= 11 is 2.27. The van der Waals surface area contributed by atoms with Gasteiger partial charge in [-0.1, -0.05) is 37.3 Å². The van der Waals surface area contributed by atoms with Crippen LogP contribution in [0.15, 0.2) is 23.8 Å². The number of alkyl halides is 1. The van der Waals surface area contributed by atoms with Gasteiger partial charge in [0.25, 0.3) is 0 Å². The number of ketones is 2. The van der Waals surface area contributed by atoms with Crippen molar-refractivity contribution in [2.24, 2.45) is 28.6 Å². The predicted octanol–water partition coefficient (Wildman–Crippen LogP) is 4.81. The van der Waals surface area contributed by atoms with Crippen LogP contribution in [0.2, 0.25) is 0 Å². The molecule has 8 nitrogen and oxygen atoms in total. The molecule has 3 N–H and O–H groups in total. The Morgan fingerprint density at radius 1 is 1.23 bits per heavy atom. The van der Waals surface area contributed by atoms with Gasteiger partial charge in [0.05, 0.1) is 11.9 Å². The lowest BCUT2D eigenvalue weighted by Crippen LogP contribution is -2.69. The maximum absolute atomic E-state index is 17.4. The van der Waals surface area contributed by atoms with Crippen molar-refractivity contribution in [3.05, 3.63) is 23.8 Å². The van der Waals surface area contributed by atoms with Crippen molar-refractivity contribution >= 4 is 46.3 Å². The number of ether oxygens (including phenoxy) is 1. The second-order valence-corrected chi connectivity index (χ2v) is 16.1. The topological polar surface area (TPSA) is 130 Å². The number of aliphatic hydroxyl groups excluding tert-OH is 1. The number of aliphatic hydroxyl groups is 2. The summed E-state index contributed by atoms with van der Waals surface area (Å²) in [4.78, 5) is 51.6. The molecule has 0 saturated heterocycles. The van der Waals surface area contributed by atoms with Gasteiger partial charge < -0.3 is 20.3 Å². The Bertz CT molecular complexity index is 1230. The number of fused-ring (bicyclic) bond motifs is 5. The lowest BCUT2D eigenvalue weighted by Gasteiger charge is -2.62. The first-order valence-corrected chi connectivity index (χ1v) is 17.4. The molecule has 0 aromatic heterocycles. The molecule has 0 spiro atoms. The van der Waals surface area contributed by atoms with E-state index in [4.69, 9.17) is 4.74 Å². The van der Waals surface area contributed by atoms with Crippen molar-refractivity contribution in [1.29, 1.82) is 0 Å². The summed E-state index contributed by atoms with van der Waals surface area (Å²) < 4.78 is 22.7. The van der Waals surface area contributed by atoms with E-state index in [0.29, 0.717) is 37.0 Å². The van der Waals surface area contributed by atoms with E-state index in [0.717, 1.165) is 11.8 Å². The van der Waals surface area contributed by atoms with E-state index >= 15 is 4.39 Å². The molecule has 9 atom stereocenters. The van der Waals surface area contributed by atoms with Gasteiger partial charge in [0.2, 0.25) is 5.12 Å². The van der Waals surface area contributed by atoms with Crippen molar-refractivity contribution in [2.45, 2.75) is 103 Å². The number of nitrogens with one attached hydrogen (secondary N) is 1. The first kappa shape index (κ1) is 34.2. The number of alkyl carbamates (subject to hydrolysis) is 1. The van der Waals surface area contributed by atoms with E-state index < -0.39 is 74.6 Å². The molecular formula is C32H46FNO7S2. The van der Waals surface area contributed by atoms with E-state index in [-0.39, 0.29) is 18.0 Å². The van der Waals surface area contributed by atoms with Gasteiger partial charge in [-0.25, -0.2) is 9.18 Å². The largest absolute Gasteiger partial charge is 0.444 e. The number of carbonyl (C=O) groups is 4. The van der Waals surface area contributed by atoms with E-state index in [1.165, 1.54) is 23.9 Å². The Kier molecular flexibility index (Phi) is 9.47. The van der Waals surface area contributed by atoms with Gasteiger partial charge in [-0.05, 0) is 95.8 Å². The minimum absolute atomic E-state index is 0.128. The first-order valence-electron chi connectivity index (χ1n) is 15.1. The van der Waals surface area contributed by atoms with Crippen LogP contribution in [0.25, 0.3) is 0 Å². The zero-order valence-electron chi connectivity index (χ0n) is 26.2. The average molecular weight is 640 g/mol. The van der Waals surface area contributed by atoms with Gasteiger partial charge in [-0.15, -0.1) is 0 Å². The third kappa shape index (κ3) is 5.65. The van der Waals surface area contributed by atoms with Gasteiger partial charge in [-0.3, -0.25) is 14.4 Å². The monoisotopic (exact) mass is 639 g/mol. The van der Waals surface area contributed by atoms with E-state index in [9.17, 15) is 29.4 Å². The Labute approximate surface area is 262 Å². The number of hydrogen-bond donors (Lipinski definition) is 3. The highest BCUT2D eigenvalue weighted by molar-refractivity contribution is 8.14. The molecule has 1 unspecified atom stereocenters. The molecule has 0 aromatic carbocycles. The summed E-state index contributed by atoms with van der Waals surface area (Å²) in [6.07, 6.45) is 5.63. The zero-order chi connectivity index (χ0) is 32.2. The maximum atomic E-state index is 17.4. The molecular weight excluding hydrogens is 593 g/mol. The summed E-state index contributed by atoms with van der Waals surface area (Å²) in [6, 6.07) is -0.872. The molecule has 43 heavy (non-hydrogen) atoms. The minimum Gasteiger partial charge on any atom is -0.444 e. The normalized spacial score (nSPS) is 39.2. The third-order valence-corrected chi connectivity index (χ3v) is 12.2. The summed E-state index contributed by atoms with van der Waals surface area (Å²) in [6.45, 7) is 10.5. The first-order chi connectivity index (χ1) is 19.8. The van der Waals surface area contributed by atoms with Gasteiger partial charge >= 0.3 is 6.09 Å². The van der Waals surface area contributed by atoms with Crippen molar-refractivity contribution < 1.29 is 38.5 Å². The highest BCUT2D eigenvalue weighted by atomic mass is 32.2. The maximum Gasteiger partial charge on any atom is 0.408 e. The highest BCUT2D eigenvalue weighted by Crippen LogP contribution is 2.70. The van der Waals surface area contributed by atoms with Crippen molar-refractivity contribution in [3.63, 3.8) is 0 Å². The van der Waals surface area contributed by atoms with Crippen molar-refractivity contribution in [2.75, 3.05) is 17.8 Å². The predicted molar refractivity (Wildman–Crippen MR) is 166 cm³/mol. The Morgan fingerprint density at radius 3 is 2.53 bits per heavy atom. The van der Waals surface area contributed by atoms with E-state index in [1.807, 2.05) is 6.26 Å². The molecule has 4 aliphatic carbocycles. The number of carbonyl (C=O) groups excluding carboxylic acids is 4. The fraction of sp³-hybridized carbons (Fsp3) is 0.750. The van der Waals surface area contributed by atoms with Crippen LogP contribution in [-0.4, -0.2) is 79.8 Å². The second-order valence-electron chi connectivity index (χ2n) is 14.2. The average Bonchev–Trinajstić information content (AvgIpc) is 3.11. The van der Waals surface area contributed by atoms with Crippen LogP contribution >= 0.6 is 23.5 Å². The van der Waals surface area contributed by atoms with Gasteiger partial charge in [-0.2, -0.15) is 11.8 Å². The van der Waals surface area contributed by atoms with Crippen LogP contribution in [0.3, 0.4) is 0 Å². The molecule has 0 bridgehead atoms. The molecule has 240 valence electrons. The minimum atomic E-state index is -2.06. The summed E-state index contributed by atoms with van der Waals surface area (Å²) in [5.41, 5.74) is -6.29. The van der Waals surface area contributed by atoms with E-state index in [1.54, 1.807) is 47.6 Å². The third-order valence-electron chi connectivity index (χ3n) is 10.6. The Morgan fingerprint density at radius 2 is 1.91 bits per heavy atom. The molecule has 3 saturated carbocycles. The summed E-state index contributed by atoms with van der Waals surface area (Å²) in [7, 11) is 0. The number of Topliss-reactive ketones (excluding diaryl/α,β-unsaturated/α-hetero) is 1. The summed E-state index contributed by atoms with van der Waals surface area (Å²) in [5, 5.41) is 25.9. The summed E-state index contributed by atoms with van der Waals surface area (Å²) in [5.74, 6) is -1.99. The fourth-order valence-electron chi connectivity index (χ4n) is 8.42. The fourth-order valence-corrected chi connectivity index (χ4v) is 9.77. The number of amides is 1. The number of hydrogen-bond acceptors (Lipinski definition) is 9. The lowest BCUT2D eigenvalue weighted by atomic mass is 9.44. The smallest absolute Gasteiger partial charge is 0.408 e. The highest BCUT2D eigenvalue weighted by Gasteiger charge is 2.75. The van der Waals surface area contributed by atoms with Crippen LogP contribution in [0.4, 0.5) is 9.18 Å². The second kappa shape index (κ2) is 11.9. The SMILES string of the molecule is CSCCC(NC(=O)OC(C)(C)C)C(=O)SCC(=O)[C@@]1(O)[C@@H](C)C[C@H]2[C@@H]3CCC4=CC(=O)C=C[C@]4(C)[C@@]3(F)[C@@H](O)C[C@@]21C. The molecule has 4 aliphatic rings. The van der Waals surface area contributed by atoms with Crippen LogP contribution in [0, 0.1) is 28.6 Å². The zero-order valence-corrected chi connectivity index (χ0v) is 27.8. The van der Waals surface area contributed by atoms with Gasteiger partial charge in [0.1, 0.15) is 17.2 Å². The van der Waals surface area contributed by atoms with Crippen LogP contribution in [0.5, 0.6) is 0 Å². The molecule has 4 rings (SSSR count). The number of allylic oxidation sites excluding steroid dienone is 4.